The lowest BCUT2D eigenvalue weighted by molar-refractivity contribution is -0.137. The van der Waals surface area contributed by atoms with E-state index in [1.54, 1.807) is 0 Å². The van der Waals surface area contributed by atoms with Crippen LogP contribution in [0.2, 0.25) is 0 Å². The Morgan fingerprint density at radius 3 is 2.47 bits per heavy atom. The van der Waals surface area contributed by atoms with Crippen LogP contribution in [0.15, 0.2) is 29.4 Å². The molecule has 0 radical (unpaired) electrons. The summed E-state index contributed by atoms with van der Waals surface area (Å²) in [4.78, 5) is 0. The molecule has 0 aliphatic heterocycles. The molecule has 0 aliphatic carbocycles. The lowest BCUT2D eigenvalue weighted by Crippen LogP contribution is -2.23. The van der Waals surface area contributed by atoms with Crippen molar-refractivity contribution in [2.75, 3.05) is 5.43 Å². The van der Waals surface area contributed by atoms with Crippen molar-refractivity contribution in [3.05, 3.63) is 29.8 Å². The molecule has 0 aromatic heterocycles. The molecule has 15 heavy (non-hydrogen) atoms. The van der Waals surface area contributed by atoms with Gasteiger partial charge in [0.05, 0.1) is 11.3 Å². The fraction of sp³-hybridized carbons (Fsp3) is 0.125. The van der Waals surface area contributed by atoms with Crippen molar-refractivity contribution in [1.82, 2.24) is 0 Å². The molecule has 1 rings (SSSR count). The fourth-order valence-electron chi connectivity index (χ4n) is 0.894. The Balaban J connectivity index is 2.89. The lowest BCUT2D eigenvalue weighted by atomic mass is 10.2. The Morgan fingerprint density at radius 2 is 1.93 bits per heavy atom. The highest BCUT2D eigenvalue weighted by Gasteiger charge is 2.30. The first kappa shape index (κ1) is 11.2. The van der Waals surface area contributed by atoms with Crippen molar-refractivity contribution in [3.63, 3.8) is 0 Å². The number of guanidine groups is 1. The molecule has 7 heteroatoms. The standard InChI is InChI=1S/C8H9F3N4/c9-8(10,11)5-2-1-3-6(4-5)14-15-7(12)13/h1-4,14H,(H4,12,13,15). The molecule has 0 bridgehead atoms. The van der Waals surface area contributed by atoms with E-state index in [2.05, 4.69) is 10.5 Å². The summed E-state index contributed by atoms with van der Waals surface area (Å²) < 4.78 is 36.8. The van der Waals surface area contributed by atoms with Crippen LogP contribution >= 0.6 is 0 Å². The average molecular weight is 218 g/mol. The number of nitrogens with two attached hydrogens (primary N) is 2. The van der Waals surface area contributed by atoms with Crippen molar-refractivity contribution in [1.29, 1.82) is 0 Å². The van der Waals surface area contributed by atoms with E-state index in [-0.39, 0.29) is 11.6 Å². The van der Waals surface area contributed by atoms with Gasteiger partial charge in [-0.25, -0.2) is 0 Å². The van der Waals surface area contributed by atoms with Crippen LogP contribution in [0.4, 0.5) is 18.9 Å². The topological polar surface area (TPSA) is 76.4 Å². The molecule has 4 nitrogen and oxygen atoms in total. The second-order valence-electron chi connectivity index (χ2n) is 2.73. The first-order valence-electron chi connectivity index (χ1n) is 3.91. The maximum atomic E-state index is 12.3. The molecular formula is C8H9F3N4. The van der Waals surface area contributed by atoms with Gasteiger partial charge in [-0.1, -0.05) is 6.07 Å². The molecule has 0 atom stereocenters. The number of rotatable bonds is 2. The predicted molar refractivity (Wildman–Crippen MR) is 50.9 cm³/mol. The summed E-state index contributed by atoms with van der Waals surface area (Å²) in [6.07, 6.45) is -4.38. The van der Waals surface area contributed by atoms with E-state index in [0.717, 1.165) is 12.1 Å². The molecule has 1 aromatic rings. The zero-order valence-corrected chi connectivity index (χ0v) is 7.55. The predicted octanol–water partition coefficient (Wildman–Crippen LogP) is 1.31. The smallest absolute Gasteiger partial charge is 0.369 e. The third-order valence-corrected chi connectivity index (χ3v) is 1.50. The quantitative estimate of drug-likeness (QED) is 0.398. The number of alkyl halides is 3. The van der Waals surface area contributed by atoms with Gasteiger partial charge >= 0.3 is 6.18 Å². The van der Waals surface area contributed by atoms with Crippen LogP contribution in [0, 0.1) is 0 Å². The van der Waals surface area contributed by atoms with Crippen molar-refractivity contribution >= 4 is 11.6 Å². The second-order valence-corrected chi connectivity index (χ2v) is 2.73. The van der Waals surface area contributed by atoms with Crippen LogP contribution in [0.25, 0.3) is 0 Å². The van der Waals surface area contributed by atoms with Crippen LogP contribution in [0.3, 0.4) is 0 Å². The third-order valence-electron chi connectivity index (χ3n) is 1.50. The van der Waals surface area contributed by atoms with Gasteiger partial charge in [0.2, 0.25) is 5.96 Å². The van der Waals surface area contributed by atoms with Gasteiger partial charge in [0.15, 0.2) is 0 Å². The van der Waals surface area contributed by atoms with Gasteiger partial charge in [-0.15, -0.1) is 5.10 Å². The molecule has 1 aromatic carbocycles. The lowest BCUT2D eigenvalue weighted by Gasteiger charge is -2.07. The van der Waals surface area contributed by atoms with Crippen LogP contribution < -0.4 is 16.9 Å². The van der Waals surface area contributed by atoms with E-state index in [4.69, 9.17) is 11.5 Å². The third kappa shape index (κ3) is 3.37. The monoisotopic (exact) mass is 218 g/mol. The number of hydrogen-bond acceptors (Lipinski definition) is 2. The first-order valence-corrected chi connectivity index (χ1v) is 3.91. The highest BCUT2D eigenvalue weighted by molar-refractivity contribution is 5.76. The number of nitrogens with zero attached hydrogens (tertiary/aromatic N) is 1. The zero-order valence-electron chi connectivity index (χ0n) is 7.55. The second kappa shape index (κ2) is 4.07. The molecule has 0 fully saturated rings. The molecule has 0 heterocycles. The Kier molecular flexibility index (Phi) is 3.03. The number of nitrogens with one attached hydrogen (secondary N) is 1. The summed E-state index contributed by atoms with van der Waals surface area (Å²) in [5.41, 5.74) is 11.7. The van der Waals surface area contributed by atoms with Gasteiger partial charge in [-0.3, -0.25) is 5.43 Å². The molecule has 0 aliphatic rings. The minimum Gasteiger partial charge on any atom is -0.369 e. The van der Waals surface area contributed by atoms with Crippen molar-refractivity contribution in [2.45, 2.75) is 6.18 Å². The van der Waals surface area contributed by atoms with Gasteiger partial charge in [0.25, 0.3) is 0 Å². The summed E-state index contributed by atoms with van der Waals surface area (Å²) in [6.45, 7) is 0. The number of hydrogen-bond donors (Lipinski definition) is 3. The van der Waals surface area contributed by atoms with Crippen LogP contribution in [0.1, 0.15) is 5.56 Å². The molecule has 0 saturated heterocycles. The molecule has 0 unspecified atom stereocenters. The normalized spacial score (nSPS) is 10.9. The molecule has 0 spiro atoms. The average Bonchev–Trinajstić information content (AvgIpc) is 2.14. The first-order chi connectivity index (χ1) is 6.89. The highest BCUT2D eigenvalue weighted by atomic mass is 19.4. The number of hydrazone groups is 1. The highest BCUT2D eigenvalue weighted by Crippen LogP contribution is 2.30. The number of benzene rings is 1. The number of anilines is 1. The van der Waals surface area contributed by atoms with Crippen LogP contribution in [-0.2, 0) is 6.18 Å². The van der Waals surface area contributed by atoms with E-state index in [0.29, 0.717) is 0 Å². The molecule has 5 N–H and O–H groups in total. The van der Waals surface area contributed by atoms with Crippen molar-refractivity contribution in [3.8, 4) is 0 Å². The van der Waals surface area contributed by atoms with E-state index in [1.165, 1.54) is 12.1 Å². The Morgan fingerprint density at radius 1 is 1.27 bits per heavy atom. The Bertz CT molecular complexity index is 368. The summed E-state index contributed by atoms with van der Waals surface area (Å²) in [5.74, 6) is -0.257. The van der Waals surface area contributed by atoms with E-state index >= 15 is 0 Å². The SMILES string of the molecule is NC(N)=NNc1cccc(C(F)(F)F)c1. The molecule has 82 valence electrons. The van der Waals surface area contributed by atoms with E-state index in [9.17, 15) is 13.2 Å². The largest absolute Gasteiger partial charge is 0.416 e. The van der Waals surface area contributed by atoms with Crippen LogP contribution in [0.5, 0.6) is 0 Å². The van der Waals surface area contributed by atoms with Crippen LogP contribution in [-0.4, -0.2) is 5.96 Å². The Labute approximate surface area is 83.8 Å². The van der Waals surface area contributed by atoms with E-state index < -0.39 is 11.7 Å². The van der Waals surface area contributed by atoms with Gasteiger partial charge in [0.1, 0.15) is 0 Å². The Hall–Kier alpha value is -1.92. The van der Waals surface area contributed by atoms with Crippen molar-refractivity contribution in [2.24, 2.45) is 16.6 Å². The molecule has 0 saturated carbocycles. The minimum absolute atomic E-state index is 0.165. The van der Waals surface area contributed by atoms with Gasteiger partial charge in [0, 0.05) is 0 Å². The molecule has 0 amide bonds. The molecular weight excluding hydrogens is 209 g/mol. The maximum absolute atomic E-state index is 12.3. The van der Waals surface area contributed by atoms with E-state index in [1.807, 2.05) is 0 Å². The maximum Gasteiger partial charge on any atom is 0.416 e. The van der Waals surface area contributed by atoms with Gasteiger partial charge < -0.3 is 11.5 Å². The fourth-order valence-corrected chi connectivity index (χ4v) is 0.894. The summed E-state index contributed by atoms with van der Waals surface area (Å²) in [6, 6.07) is 4.54. The summed E-state index contributed by atoms with van der Waals surface area (Å²) in [7, 11) is 0. The number of halogens is 3. The van der Waals surface area contributed by atoms with Crippen molar-refractivity contribution < 1.29 is 13.2 Å². The minimum atomic E-state index is -4.38. The van der Waals surface area contributed by atoms with Gasteiger partial charge in [-0.2, -0.15) is 13.2 Å². The summed E-state index contributed by atoms with van der Waals surface area (Å²) >= 11 is 0. The van der Waals surface area contributed by atoms with Gasteiger partial charge in [-0.05, 0) is 18.2 Å². The summed E-state index contributed by atoms with van der Waals surface area (Å²) in [5, 5.41) is 3.37. The zero-order chi connectivity index (χ0) is 11.5.